The van der Waals surface area contributed by atoms with E-state index in [-0.39, 0.29) is 0 Å². The van der Waals surface area contributed by atoms with Crippen LogP contribution in [0.2, 0.25) is 0 Å². The van der Waals surface area contributed by atoms with Gasteiger partial charge in [0.15, 0.2) is 0 Å². The summed E-state index contributed by atoms with van der Waals surface area (Å²) >= 11 is 1.15. The average Bonchev–Trinajstić information content (AvgIpc) is 1.41. The Kier molecular flexibility index (Phi) is 2.16. The van der Waals surface area contributed by atoms with Crippen molar-refractivity contribution in [1.29, 1.82) is 1.12 Å². The van der Waals surface area contributed by atoms with Gasteiger partial charge in [0.25, 0.3) is 0 Å². The maximum atomic E-state index is 6.52. The lowest BCUT2D eigenvalue weighted by Crippen LogP contribution is -1.56. The van der Waals surface area contributed by atoms with E-state index in [2.05, 4.69) is 6.92 Å². The van der Waals surface area contributed by atoms with Gasteiger partial charge in [-0.1, -0.05) is 6.92 Å². The molecule has 0 heterocycles. The minimum absolute atomic E-state index is 0.972. The standard InChI is InChI=1S/C3H8S/c1-2-3-4/h4H,2-3H2,1H3/i/hT. The maximum absolute atomic E-state index is 6.52. The van der Waals surface area contributed by atoms with Crippen molar-refractivity contribution in [3.8, 4) is 0 Å². The van der Waals surface area contributed by atoms with Crippen LogP contribution in [-0.2, 0) is 0 Å². The minimum atomic E-state index is 0.972. The molecule has 0 aliphatic carbocycles. The molecule has 0 saturated heterocycles. The molecule has 0 spiro atoms. The first-order valence-electron chi connectivity index (χ1n) is 1.90. The number of hydrogen-bond donors (Lipinski definition) is 1. The lowest BCUT2D eigenvalue weighted by molar-refractivity contribution is 1.11. The first-order valence-corrected chi connectivity index (χ1v) is 2.07. The monoisotopic (exact) mass is 78.0 g/mol. The summed E-state index contributed by atoms with van der Waals surface area (Å²) in [6, 6.07) is 0. The van der Waals surface area contributed by atoms with Gasteiger partial charge in [-0.15, -0.1) is 0 Å². The van der Waals surface area contributed by atoms with Crippen molar-refractivity contribution in [2.24, 2.45) is 0 Å². The molecule has 0 amide bonds. The van der Waals surface area contributed by atoms with E-state index in [1.807, 2.05) is 0 Å². The number of hydrogen-bond acceptors (Lipinski definition) is 1. The lowest BCUT2D eigenvalue weighted by atomic mass is 10.6. The molecule has 0 aromatic rings. The normalized spacial score (nSPS) is 10.8. The molecule has 0 nitrogen and oxygen atoms in total. The molecule has 0 N–H and O–H groups in total. The van der Waals surface area contributed by atoms with E-state index in [9.17, 15) is 0 Å². The summed E-state index contributed by atoms with van der Waals surface area (Å²) in [6.07, 6.45) is 1.12. The Morgan fingerprint density at radius 2 is 3.00 bits per heavy atom. The highest BCUT2D eigenvalue weighted by atomic mass is 32.1. The largest absolute Gasteiger partial charge is 0.179 e. The molecule has 0 aliphatic heterocycles. The van der Waals surface area contributed by atoms with Gasteiger partial charge in [-0.05, 0) is 12.2 Å². The van der Waals surface area contributed by atoms with Crippen molar-refractivity contribution in [2.45, 2.75) is 13.3 Å². The van der Waals surface area contributed by atoms with Crippen LogP contribution >= 0.6 is 12.5 Å². The third kappa shape index (κ3) is 2.35. The van der Waals surface area contributed by atoms with Gasteiger partial charge in [-0.2, -0.15) is 12.5 Å². The Bertz CT molecular complexity index is 14.4. The number of thiol groups is 1. The van der Waals surface area contributed by atoms with Crippen molar-refractivity contribution >= 4 is 12.5 Å². The predicted molar refractivity (Wildman–Crippen MR) is 24.1 cm³/mol. The third-order valence-corrected chi connectivity index (χ3v) is 0.612. The van der Waals surface area contributed by atoms with Crippen LogP contribution in [0, 0.1) is 0 Å². The van der Waals surface area contributed by atoms with Crippen molar-refractivity contribution < 1.29 is 0 Å². The van der Waals surface area contributed by atoms with Crippen molar-refractivity contribution in [1.82, 2.24) is 0 Å². The molecule has 0 unspecified atom stereocenters. The van der Waals surface area contributed by atoms with Gasteiger partial charge in [-0.25, -0.2) is 0 Å². The second-order valence-corrected chi connectivity index (χ2v) is 1.11. The first-order chi connectivity index (χ1) is 2.41. The van der Waals surface area contributed by atoms with Gasteiger partial charge >= 0.3 is 0 Å². The highest BCUT2D eigenvalue weighted by Crippen LogP contribution is 1.74. The second kappa shape index (κ2) is 3.35. The Labute approximate surface area is 33.7 Å². The van der Waals surface area contributed by atoms with Gasteiger partial charge in [0.1, 0.15) is 1.12 Å². The zero-order chi connectivity index (χ0) is 4.12. The summed E-state index contributed by atoms with van der Waals surface area (Å²) in [5.41, 5.74) is 0. The number of rotatable bonds is 2. The fraction of sp³-hybridized carbons (Fsp3) is 1.00. The molecule has 0 aromatic heterocycles. The van der Waals surface area contributed by atoms with E-state index in [1.54, 1.807) is 0 Å². The van der Waals surface area contributed by atoms with Crippen molar-refractivity contribution in [3.63, 3.8) is 0 Å². The smallest absolute Gasteiger partial charge is 0.102 e. The van der Waals surface area contributed by atoms with Gasteiger partial charge < -0.3 is 0 Å². The first kappa shape index (κ1) is 2.58. The Morgan fingerprint density at radius 1 is 2.25 bits per heavy atom. The summed E-state index contributed by atoms with van der Waals surface area (Å²) in [6.45, 7) is 2.07. The summed E-state index contributed by atoms with van der Waals surface area (Å²) in [4.78, 5) is 0. The molecule has 0 aliphatic rings. The highest BCUT2D eigenvalue weighted by Gasteiger charge is 1.57. The van der Waals surface area contributed by atoms with Crippen LogP contribution in [0.15, 0.2) is 0 Å². The zero-order valence-corrected chi connectivity index (χ0v) is 3.64. The zero-order valence-electron chi connectivity index (χ0n) is 3.82. The van der Waals surface area contributed by atoms with Crippen LogP contribution in [-0.4, -0.2) is 6.88 Å². The van der Waals surface area contributed by atoms with Crippen LogP contribution in [0.1, 0.15) is 13.3 Å². The summed E-state index contributed by atoms with van der Waals surface area (Å²) in [5, 5.41) is 0. The van der Waals surface area contributed by atoms with Crippen LogP contribution in [0.3, 0.4) is 0 Å². The maximum Gasteiger partial charge on any atom is 0.102 e. The van der Waals surface area contributed by atoms with Crippen molar-refractivity contribution in [3.05, 3.63) is 0 Å². The Hall–Kier alpha value is 0.350. The lowest BCUT2D eigenvalue weighted by Gasteiger charge is -1.67. The molecule has 4 heavy (non-hydrogen) atoms. The van der Waals surface area contributed by atoms with E-state index in [0.717, 1.165) is 24.7 Å². The molecule has 26 valence electrons. The van der Waals surface area contributed by atoms with Crippen LogP contribution in [0.4, 0.5) is 0 Å². The Balaban J connectivity index is 2.19. The molecule has 0 rings (SSSR count). The van der Waals surface area contributed by atoms with E-state index in [1.165, 1.54) is 0 Å². The SMILES string of the molecule is [3H]SCCC. The molecular weight excluding hydrogens is 68.1 g/mol. The molecule has 0 aromatic carbocycles. The summed E-state index contributed by atoms with van der Waals surface area (Å²) in [7, 11) is 0. The second-order valence-electron chi connectivity index (χ2n) is 0.704. The molecule has 0 fully saturated rings. The van der Waals surface area contributed by atoms with Crippen LogP contribution in [0.5, 0.6) is 0 Å². The van der Waals surface area contributed by atoms with Gasteiger partial charge in [0, 0.05) is 0 Å². The molecule has 0 atom stereocenters. The molecule has 1 heteroatoms. The van der Waals surface area contributed by atoms with Crippen molar-refractivity contribution in [2.75, 3.05) is 5.75 Å². The topological polar surface area (TPSA) is 0 Å². The minimum Gasteiger partial charge on any atom is -0.179 e. The molecule has 0 bridgehead atoms. The molecule has 0 saturated carbocycles. The van der Waals surface area contributed by atoms with E-state index in [4.69, 9.17) is 1.12 Å². The van der Waals surface area contributed by atoms with Gasteiger partial charge in [-0.3, -0.25) is 0 Å². The van der Waals surface area contributed by atoms with E-state index >= 15 is 0 Å². The third-order valence-electron chi connectivity index (χ3n) is 0.204. The predicted octanol–water partition coefficient (Wildman–Crippen LogP) is 1.33. The van der Waals surface area contributed by atoms with E-state index < -0.39 is 0 Å². The average molecular weight is 78.2 g/mol. The summed E-state index contributed by atoms with van der Waals surface area (Å²) < 4.78 is 6.52. The molecule has 0 radical (unpaired) electrons. The fourth-order valence-corrected chi connectivity index (χ4v) is 0. The van der Waals surface area contributed by atoms with Gasteiger partial charge in [0.2, 0.25) is 0 Å². The van der Waals surface area contributed by atoms with E-state index in [0.29, 0.717) is 0 Å². The highest BCUT2D eigenvalue weighted by molar-refractivity contribution is 7.80. The summed E-state index contributed by atoms with van der Waals surface area (Å²) in [5.74, 6) is 0.972. The molecular formula is C3H8S. The van der Waals surface area contributed by atoms with Crippen LogP contribution in [0.25, 0.3) is 0 Å². The Morgan fingerprint density at radius 3 is 3.00 bits per heavy atom. The quantitative estimate of drug-likeness (QED) is 0.473. The van der Waals surface area contributed by atoms with Gasteiger partial charge in [0.05, 0.1) is 0 Å². The fourth-order valence-electron chi connectivity index (χ4n) is 0. The van der Waals surface area contributed by atoms with Crippen LogP contribution < -0.4 is 0 Å².